The maximum absolute atomic E-state index is 10.6. The Labute approximate surface area is 64.3 Å². The van der Waals surface area contributed by atoms with E-state index in [2.05, 4.69) is 21.3 Å². The lowest BCUT2D eigenvalue weighted by Gasteiger charge is -2.16. The molecule has 0 aliphatic rings. The van der Waals surface area contributed by atoms with Crippen LogP contribution < -0.4 is 0 Å². The van der Waals surface area contributed by atoms with E-state index in [1.807, 2.05) is 0 Å². The van der Waals surface area contributed by atoms with Gasteiger partial charge in [0.1, 0.15) is 0 Å². The summed E-state index contributed by atoms with van der Waals surface area (Å²) in [6.45, 7) is 6.16. The molecule has 5 nitrogen and oxygen atoms in total. The third-order valence-corrected chi connectivity index (χ3v) is 0.803. The molecule has 11 heavy (non-hydrogen) atoms. The number of carbonyl (C=O) groups excluding carboxylic acids is 1. The van der Waals surface area contributed by atoms with Crippen LogP contribution in [0.4, 0.5) is 0 Å². The van der Waals surface area contributed by atoms with Crippen LogP contribution in [0, 0.1) is 0 Å². The SMILES string of the molecule is C=CC(=O)OC(C)(C)N=[N+]=[N-]. The van der Waals surface area contributed by atoms with Crippen LogP contribution in [0.5, 0.6) is 0 Å². The Hall–Kier alpha value is -1.48. The Morgan fingerprint density at radius 2 is 2.36 bits per heavy atom. The Morgan fingerprint density at radius 3 is 2.73 bits per heavy atom. The van der Waals surface area contributed by atoms with Crippen LogP contribution in [0.25, 0.3) is 10.4 Å². The van der Waals surface area contributed by atoms with Crippen molar-refractivity contribution in [2.45, 2.75) is 19.6 Å². The van der Waals surface area contributed by atoms with E-state index in [0.717, 1.165) is 6.08 Å². The summed E-state index contributed by atoms with van der Waals surface area (Å²) >= 11 is 0. The van der Waals surface area contributed by atoms with Gasteiger partial charge in [-0.25, -0.2) is 4.79 Å². The fourth-order valence-electron chi connectivity index (χ4n) is 0.416. The lowest BCUT2D eigenvalue weighted by Crippen LogP contribution is -2.23. The normalized spacial score (nSPS) is 9.64. The number of hydrogen-bond acceptors (Lipinski definition) is 3. The smallest absolute Gasteiger partial charge is 0.330 e. The molecule has 0 bridgehead atoms. The van der Waals surface area contributed by atoms with E-state index >= 15 is 0 Å². The quantitative estimate of drug-likeness (QED) is 0.205. The first-order valence-corrected chi connectivity index (χ1v) is 2.93. The zero-order chi connectivity index (χ0) is 8.91. The van der Waals surface area contributed by atoms with Crippen molar-refractivity contribution in [3.8, 4) is 0 Å². The second-order valence-corrected chi connectivity index (χ2v) is 2.26. The number of ether oxygens (including phenoxy) is 1. The molecule has 0 atom stereocenters. The van der Waals surface area contributed by atoms with Crippen molar-refractivity contribution in [1.29, 1.82) is 0 Å². The molecule has 0 saturated heterocycles. The summed E-state index contributed by atoms with van der Waals surface area (Å²) in [4.78, 5) is 13.1. The molecule has 0 aromatic rings. The number of esters is 1. The molecule has 0 unspecified atom stereocenters. The van der Waals surface area contributed by atoms with Crippen LogP contribution in [-0.2, 0) is 9.53 Å². The molecule has 0 amide bonds. The molecular weight excluding hydrogens is 146 g/mol. The third kappa shape index (κ3) is 4.00. The molecule has 0 aliphatic carbocycles. The molecule has 0 aliphatic heterocycles. The lowest BCUT2D eigenvalue weighted by molar-refractivity contribution is -0.149. The predicted octanol–water partition coefficient (Wildman–Crippen LogP) is 1.76. The van der Waals surface area contributed by atoms with Gasteiger partial charge in [0.25, 0.3) is 0 Å². The first-order valence-electron chi connectivity index (χ1n) is 2.93. The fraction of sp³-hybridized carbons (Fsp3) is 0.500. The summed E-state index contributed by atoms with van der Waals surface area (Å²) in [6, 6.07) is 0. The fourth-order valence-corrected chi connectivity index (χ4v) is 0.416. The van der Waals surface area contributed by atoms with Gasteiger partial charge in [0, 0.05) is 11.0 Å². The molecule has 0 aromatic carbocycles. The van der Waals surface area contributed by atoms with Crippen LogP contribution >= 0.6 is 0 Å². The summed E-state index contributed by atoms with van der Waals surface area (Å²) < 4.78 is 4.65. The van der Waals surface area contributed by atoms with Gasteiger partial charge in [-0.05, 0) is 24.5 Å². The molecule has 0 rings (SSSR count). The summed E-state index contributed by atoms with van der Waals surface area (Å²) in [5.74, 6) is -0.609. The highest BCUT2D eigenvalue weighted by Gasteiger charge is 2.18. The Kier molecular flexibility index (Phi) is 3.14. The van der Waals surface area contributed by atoms with Crippen LogP contribution in [-0.4, -0.2) is 11.7 Å². The average Bonchev–Trinajstić information content (AvgIpc) is 1.86. The number of hydrogen-bond donors (Lipinski definition) is 0. The van der Waals surface area contributed by atoms with Gasteiger partial charge in [0.15, 0.2) is 5.72 Å². The van der Waals surface area contributed by atoms with Crippen LogP contribution in [0.15, 0.2) is 17.8 Å². The van der Waals surface area contributed by atoms with Gasteiger partial charge < -0.3 is 4.74 Å². The maximum Gasteiger partial charge on any atom is 0.330 e. The number of nitrogens with zero attached hydrogens (tertiary/aromatic N) is 3. The zero-order valence-electron chi connectivity index (χ0n) is 6.44. The predicted molar refractivity (Wildman–Crippen MR) is 39.5 cm³/mol. The Morgan fingerprint density at radius 1 is 1.82 bits per heavy atom. The Balaban J connectivity index is 4.22. The van der Waals surface area contributed by atoms with E-state index in [4.69, 9.17) is 5.53 Å². The Bertz CT molecular complexity index is 216. The second-order valence-electron chi connectivity index (χ2n) is 2.26. The topological polar surface area (TPSA) is 75.1 Å². The molecule has 0 heterocycles. The van der Waals surface area contributed by atoms with Crippen molar-refractivity contribution in [2.24, 2.45) is 5.11 Å². The van der Waals surface area contributed by atoms with Crippen molar-refractivity contribution >= 4 is 5.97 Å². The highest BCUT2D eigenvalue weighted by molar-refractivity contribution is 5.81. The molecule has 0 spiro atoms. The maximum atomic E-state index is 10.6. The van der Waals surface area contributed by atoms with Crippen molar-refractivity contribution < 1.29 is 9.53 Å². The van der Waals surface area contributed by atoms with Crippen molar-refractivity contribution in [3.05, 3.63) is 23.1 Å². The van der Waals surface area contributed by atoms with Gasteiger partial charge in [-0.15, -0.1) is 0 Å². The monoisotopic (exact) mass is 155 g/mol. The summed E-state index contributed by atoms with van der Waals surface area (Å²) in [7, 11) is 0. The molecule has 0 aromatic heterocycles. The lowest BCUT2D eigenvalue weighted by atomic mass is 10.3. The van der Waals surface area contributed by atoms with Crippen LogP contribution in [0.3, 0.4) is 0 Å². The molecule has 5 heteroatoms. The summed E-state index contributed by atoms with van der Waals surface area (Å²) in [5.41, 5.74) is 6.89. The van der Waals surface area contributed by atoms with E-state index < -0.39 is 11.7 Å². The van der Waals surface area contributed by atoms with Gasteiger partial charge in [-0.3, -0.25) is 0 Å². The minimum absolute atomic E-state index is 0.609. The largest absolute Gasteiger partial charge is 0.450 e. The van der Waals surface area contributed by atoms with E-state index in [9.17, 15) is 4.79 Å². The minimum Gasteiger partial charge on any atom is -0.450 e. The number of rotatable bonds is 3. The summed E-state index contributed by atoms with van der Waals surface area (Å²) in [5, 5.41) is 3.23. The van der Waals surface area contributed by atoms with E-state index in [-0.39, 0.29) is 0 Å². The average molecular weight is 155 g/mol. The number of carbonyl (C=O) groups is 1. The molecule has 0 saturated carbocycles. The molecule has 60 valence electrons. The third-order valence-electron chi connectivity index (χ3n) is 0.803. The first kappa shape index (κ1) is 9.52. The van der Waals surface area contributed by atoms with Crippen molar-refractivity contribution in [2.75, 3.05) is 0 Å². The molecule has 0 fully saturated rings. The van der Waals surface area contributed by atoms with Gasteiger partial charge in [0.05, 0.1) is 0 Å². The highest BCUT2D eigenvalue weighted by Crippen LogP contribution is 2.10. The standard InChI is InChI=1S/C6H9N3O2/c1-4-5(10)11-6(2,3)8-9-7/h4H,1H2,2-3H3. The molecule has 0 N–H and O–H groups in total. The van der Waals surface area contributed by atoms with E-state index in [1.165, 1.54) is 13.8 Å². The van der Waals surface area contributed by atoms with Gasteiger partial charge in [-0.2, -0.15) is 0 Å². The van der Waals surface area contributed by atoms with Gasteiger partial charge in [-0.1, -0.05) is 6.58 Å². The highest BCUT2D eigenvalue weighted by atomic mass is 16.6. The van der Waals surface area contributed by atoms with E-state index in [1.54, 1.807) is 0 Å². The van der Waals surface area contributed by atoms with Crippen molar-refractivity contribution in [1.82, 2.24) is 0 Å². The van der Waals surface area contributed by atoms with Crippen molar-refractivity contribution in [3.63, 3.8) is 0 Å². The van der Waals surface area contributed by atoms with Gasteiger partial charge in [0.2, 0.25) is 0 Å². The van der Waals surface area contributed by atoms with Gasteiger partial charge >= 0.3 is 5.97 Å². The summed E-state index contributed by atoms with van der Waals surface area (Å²) in [6.07, 6.45) is 1.01. The first-order chi connectivity index (χ1) is 5.02. The van der Waals surface area contributed by atoms with Crippen LogP contribution in [0.1, 0.15) is 13.8 Å². The van der Waals surface area contributed by atoms with E-state index in [0.29, 0.717) is 0 Å². The van der Waals surface area contributed by atoms with Crippen LogP contribution in [0.2, 0.25) is 0 Å². The minimum atomic E-state index is -1.14. The second kappa shape index (κ2) is 3.63. The zero-order valence-corrected chi connectivity index (χ0v) is 6.44. The molecular formula is C6H9N3O2. The molecule has 0 radical (unpaired) electrons. The number of azide groups is 1.